The van der Waals surface area contributed by atoms with Crippen LogP contribution in [0.1, 0.15) is 20.8 Å². The van der Waals surface area contributed by atoms with Gasteiger partial charge in [-0.1, -0.05) is 12.7 Å². The van der Waals surface area contributed by atoms with Gasteiger partial charge in [0.25, 0.3) is 0 Å². The fourth-order valence-electron chi connectivity index (χ4n) is 1.03. The van der Waals surface area contributed by atoms with E-state index < -0.39 is 5.60 Å². The molecule has 0 aromatic heterocycles. The van der Waals surface area contributed by atoms with Gasteiger partial charge in [-0.15, -0.1) is 0 Å². The molecule has 0 saturated carbocycles. The van der Waals surface area contributed by atoms with Crippen molar-refractivity contribution >= 4 is 15.9 Å². The zero-order chi connectivity index (χ0) is 10.6. The van der Waals surface area contributed by atoms with Crippen molar-refractivity contribution in [2.75, 3.05) is 13.6 Å². The van der Waals surface area contributed by atoms with Crippen molar-refractivity contribution in [1.29, 1.82) is 0 Å². The zero-order valence-corrected chi connectivity index (χ0v) is 10.3. The highest BCUT2D eigenvalue weighted by atomic mass is 79.9. The van der Waals surface area contributed by atoms with E-state index in [9.17, 15) is 5.11 Å². The number of aliphatic hydroxyl groups is 1. The van der Waals surface area contributed by atoms with Crippen molar-refractivity contribution in [1.82, 2.24) is 4.90 Å². The summed E-state index contributed by atoms with van der Waals surface area (Å²) in [5.74, 6) is 0. The van der Waals surface area contributed by atoms with Gasteiger partial charge < -0.3 is 10.0 Å². The second kappa shape index (κ2) is 4.82. The van der Waals surface area contributed by atoms with E-state index in [0.717, 1.165) is 10.2 Å². The molecule has 0 aliphatic carbocycles. The maximum Gasteiger partial charge on any atom is 0.0765 e. The predicted octanol–water partition coefficient (Wildman–Crippen LogP) is 2.50. The van der Waals surface area contributed by atoms with E-state index in [0.29, 0.717) is 6.54 Å². The van der Waals surface area contributed by atoms with Crippen LogP contribution in [-0.2, 0) is 0 Å². The Kier molecular flexibility index (Phi) is 4.71. The van der Waals surface area contributed by atoms with Gasteiger partial charge in [0.1, 0.15) is 0 Å². The smallest absolute Gasteiger partial charge is 0.0765 e. The van der Waals surface area contributed by atoms with Crippen molar-refractivity contribution < 1.29 is 5.11 Å². The van der Waals surface area contributed by atoms with Crippen LogP contribution in [0.4, 0.5) is 0 Å². The van der Waals surface area contributed by atoms with Crippen LogP contribution in [0.25, 0.3) is 0 Å². The monoisotopic (exact) mass is 247 g/mol. The minimum atomic E-state index is -0.676. The number of allylic oxidation sites excluding steroid dienone is 3. The van der Waals surface area contributed by atoms with Gasteiger partial charge in [0, 0.05) is 23.8 Å². The van der Waals surface area contributed by atoms with Crippen molar-refractivity contribution in [3.05, 3.63) is 22.8 Å². The normalized spacial score (nSPS) is 13.7. The van der Waals surface area contributed by atoms with Gasteiger partial charge in [0.05, 0.1) is 5.60 Å². The van der Waals surface area contributed by atoms with Crippen molar-refractivity contribution in [3.8, 4) is 0 Å². The van der Waals surface area contributed by atoms with Crippen LogP contribution in [0.2, 0.25) is 0 Å². The summed E-state index contributed by atoms with van der Waals surface area (Å²) in [6, 6.07) is 0. The van der Waals surface area contributed by atoms with Gasteiger partial charge in [-0.3, -0.25) is 0 Å². The van der Waals surface area contributed by atoms with Gasteiger partial charge in [-0.05, 0) is 36.7 Å². The molecular weight excluding hydrogens is 230 g/mol. The second-order valence-electron chi connectivity index (χ2n) is 3.81. The molecule has 0 radical (unpaired) electrons. The molecule has 1 N–H and O–H groups in total. The first kappa shape index (κ1) is 12.7. The number of likely N-dealkylation sites (N-methyl/N-ethyl adjacent to an activating group) is 1. The summed E-state index contributed by atoms with van der Waals surface area (Å²) in [5, 5.41) is 9.59. The molecule has 0 rings (SSSR count). The summed E-state index contributed by atoms with van der Waals surface area (Å²) < 4.78 is 0.958. The number of hydrogen-bond acceptors (Lipinski definition) is 2. The van der Waals surface area contributed by atoms with Crippen molar-refractivity contribution in [2.45, 2.75) is 26.4 Å². The molecule has 3 heteroatoms. The minimum absolute atomic E-state index is 0.599. The summed E-state index contributed by atoms with van der Waals surface area (Å²) in [6.07, 6.45) is 1.75. The largest absolute Gasteiger partial charge is 0.389 e. The molecule has 0 heterocycles. The van der Waals surface area contributed by atoms with Gasteiger partial charge in [0.15, 0.2) is 0 Å². The molecule has 0 aromatic rings. The molecule has 0 bridgehead atoms. The maximum atomic E-state index is 9.59. The van der Waals surface area contributed by atoms with Crippen LogP contribution in [0.15, 0.2) is 22.8 Å². The number of rotatable bonds is 4. The molecule has 0 amide bonds. The standard InChI is InChI=1S/C10H18BrNO/c1-6-9(11)8(2)12(5)7-10(3,4)13/h6,13H,1,7H2,2-5H3/b9-8+. The molecule has 0 unspecified atom stereocenters. The molecule has 0 atom stereocenters. The lowest BCUT2D eigenvalue weighted by molar-refractivity contribution is 0.0537. The van der Waals surface area contributed by atoms with Crippen molar-refractivity contribution in [2.24, 2.45) is 0 Å². The topological polar surface area (TPSA) is 23.5 Å². The molecule has 0 fully saturated rings. The van der Waals surface area contributed by atoms with Gasteiger partial charge in [-0.2, -0.15) is 0 Å². The maximum absolute atomic E-state index is 9.59. The van der Waals surface area contributed by atoms with Crippen LogP contribution in [0.5, 0.6) is 0 Å². The Hall–Kier alpha value is -0.280. The summed E-state index contributed by atoms with van der Waals surface area (Å²) >= 11 is 3.39. The Labute approximate surface area is 89.1 Å². The lowest BCUT2D eigenvalue weighted by atomic mass is 10.1. The fraction of sp³-hybridized carbons (Fsp3) is 0.600. The zero-order valence-electron chi connectivity index (χ0n) is 8.76. The first-order chi connectivity index (χ1) is 5.78. The number of nitrogens with zero attached hydrogens (tertiary/aromatic N) is 1. The molecule has 0 saturated heterocycles. The van der Waals surface area contributed by atoms with Gasteiger partial charge in [0.2, 0.25) is 0 Å². The summed E-state index contributed by atoms with van der Waals surface area (Å²) in [7, 11) is 1.94. The lowest BCUT2D eigenvalue weighted by Crippen LogP contribution is -2.35. The third kappa shape index (κ3) is 5.11. The SMILES string of the molecule is C=C/C(Br)=C(/C)N(C)CC(C)(C)O. The van der Waals surface area contributed by atoms with Crippen LogP contribution in [0, 0.1) is 0 Å². The third-order valence-corrected chi connectivity index (χ3v) is 2.62. The average Bonchev–Trinajstić information content (AvgIpc) is 1.98. The molecule has 0 aliphatic heterocycles. The summed E-state index contributed by atoms with van der Waals surface area (Å²) in [4.78, 5) is 1.99. The predicted molar refractivity (Wildman–Crippen MR) is 60.8 cm³/mol. The molecule has 2 nitrogen and oxygen atoms in total. The van der Waals surface area contributed by atoms with E-state index in [1.165, 1.54) is 0 Å². The third-order valence-electron chi connectivity index (χ3n) is 1.72. The minimum Gasteiger partial charge on any atom is -0.389 e. The van der Waals surface area contributed by atoms with E-state index >= 15 is 0 Å². The Balaban J connectivity index is 4.44. The van der Waals surface area contributed by atoms with E-state index in [2.05, 4.69) is 22.5 Å². The number of halogens is 1. The van der Waals surface area contributed by atoms with Gasteiger partial charge in [-0.25, -0.2) is 0 Å². The first-order valence-electron chi connectivity index (χ1n) is 4.20. The quantitative estimate of drug-likeness (QED) is 0.773. The molecule has 0 spiro atoms. The Morgan fingerprint density at radius 1 is 1.62 bits per heavy atom. The Bertz CT molecular complexity index is 215. The van der Waals surface area contributed by atoms with Crippen molar-refractivity contribution in [3.63, 3.8) is 0 Å². The van der Waals surface area contributed by atoms with Crippen LogP contribution in [0.3, 0.4) is 0 Å². The van der Waals surface area contributed by atoms with Crippen LogP contribution < -0.4 is 0 Å². The van der Waals surface area contributed by atoms with E-state index in [4.69, 9.17) is 0 Å². The van der Waals surface area contributed by atoms with E-state index in [-0.39, 0.29) is 0 Å². The molecule has 13 heavy (non-hydrogen) atoms. The van der Waals surface area contributed by atoms with Gasteiger partial charge >= 0.3 is 0 Å². The summed E-state index contributed by atoms with van der Waals surface area (Å²) in [6.45, 7) is 9.83. The lowest BCUT2D eigenvalue weighted by Gasteiger charge is -2.28. The average molecular weight is 248 g/mol. The summed E-state index contributed by atoms with van der Waals surface area (Å²) in [5.41, 5.74) is 0.391. The highest BCUT2D eigenvalue weighted by molar-refractivity contribution is 9.11. The highest BCUT2D eigenvalue weighted by Crippen LogP contribution is 2.17. The number of hydrogen-bond donors (Lipinski definition) is 1. The molecule has 0 aromatic carbocycles. The Morgan fingerprint density at radius 2 is 2.08 bits per heavy atom. The molecular formula is C10H18BrNO. The second-order valence-corrected chi connectivity index (χ2v) is 4.66. The first-order valence-corrected chi connectivity index (χ1v) is 4.99. The van der Waals surface area contributed by atoms with E-state index in [1.54, 1.807) is 19.9 Å². The van der Waals surface area contributed by atoms with E-state index in [1.807, 2.05) is 18.9 Å². The Morgan fingerprint density at radius 3 is 2.38 bits per heavy atom. The fourth-order valence-corrected chi connectivity index (χ4v) is 1.33. The highest BCUT2D eigenvalue weighted by Gasteiger charge is 2.16. The van der Waals surface area contributed by atoms with Crippen LogP contribution in [-0.4, -0.2) is 29.2 Å². The van der Waals surface area contributed by atoms with Crippen LogP contribution >= 0.6 is 15.9 Å². The molecule has 0 aliphatic rings. The molecule has 76 valence electrons.